The highest BCUT2D eigenvalue weighted by atomic mass is 31.2. The lowest BCUT2D eigenvalue weighted by Gasteiger charge is -2.17. The summed E-state index contributed by atoms with van der Waals surface area (Å²) >= 11 is 0. The molecule has 5 rings (SSSR count). The Morgan fingerprint density at radius 3 is 2.45 bits per heavy atom. The summed E-state index contributed by atoms with van der Waals surface area (Å²) in [5.41, 5.74) is 2.69. The molecule has 0 amide bonds. The summed E-state index contributed by atoms with van der Waals surface area (Å²) in [4.78, 5) is 22.8. The van der Waals surface area contributed by atoms with Gasteiger partial charge < -0.3 is 34.0 Å². The van der Waals surface area contributed by atoms with Crippen molar-refractivity contribution in [2.45, 2.75) is 49.9 Å². The topological polar surface area (TPSA) is 144 Å². The van der Waals surface area contributed by atoms with Crippen LogP contribution in [-0.2, 0) is 30.7 Å². The molecule has 2 heterocycles. The second-order valence-corrected chi connectivity index (χ2v) is 10.7. The molecule has 200 valence electrons. The quantitative estimate of drug-likeness (QED) is 0.250. The fourth-order valence-corrected chi connectivity index (χ4v) is 5.11. The summed E-state index contributed by atoms with van der Waals surface area (Å²) in [5, 5.41) is 19.9. The highest BCUT2D eigenvalue weighted by Gasteiger charge is 2.59. The summed E-state index contributed by atoms with van der Waals surface area (Å²) in [6.45, 7) is 2.66. The van der Waals surface area contributed by atoms with E-state index in [0.29, 0.717) is 25.6 Å². The number of rotatable bonds is 8. The van der Waals surface area contributed by atoms with Crippen LogP contribution in [0.5, 0.6) is 0 Å². The van der Waals surface area contributed by atoms with Gasteiger partial charge in [-0.2, -0.15) is 0 Å². The van der Waals surface area contributed by atoms with Gasteiger partial charge in [0.2, 0.25) is 0 Å². The predicted molar refractivity (Wildman–Crippen MR) is 137 cm³/mol. The monoisotopic (exact) mass is 540 g/mol. The lowest BCUT2D eigenvalue weighted by atomic mass is 10.0. The van der Waals surface area contributed by atoms with Gasteiger partial charge in [-0.05, 0) is 35.7 Å². The summed E-state index contributed by atoms with van der Waals surface area (Å²) < 4.78 is 29.0. The third-order valence-electron chi connectivity index (χ3n) is 6.67. The minimum absolute atomic E-state index is 0.252. The number of ether oxygens (including phenoxy) is 2. The number of aromatic nitrogens is 2. The molecule has 2 fully saturated rings. The van der Waals surface area contributed by atoms with Crippen LogP contribution in [-0.4, -0.2) is 61.1 Å². The van der Waals surface area contributed by atoms with Gasteiger partial charge >= 0.3 is 7.82 Å². The van der Waals surface area contributed by atoms with Crippen molar-refractivity contribution in [3.63, 3.8) is 0 Å². The van der Waals surface area contributed by atoms with Gasteiger partial charge in [0.15, 0.2) is 0 Å². The number of aliphatic hydroxyl groups excluding tert-OH is 2. The SMILES string of the molecule is C[C@H](O)c1nccn1[C@]1(C#Cc2ccc(-c3ccc(CO[C@@H]4COC[C@H]4O)cc3)cc2)C[C@H]1OP(=O)(O)O. The zero-order chi connectivity index (χ0) is 26.9. The van der Waals surface area contributed by atoms with E-state index in [1.807, 2.05) is 48.5 Å². The molecule has 4 N–H and O–H groups in total. The van der Waals surface area contributed by atoms with E-state index < -0.39 is 31.7 Å². The molecule has 38 heavy (non-hydrogen) atoms. The van der Waals surface area contributed by atoms with Crippen molar-refractivity contribution in [2.24, 2.45) is 0 Å². The van der Waals surface area contributed by atoms with Gasteiger partial charge in [-0.3, -0.25) is 4.52 Å². The highest BCUT2D eigenvalue weighted by Crippen LogP contribution is 2.54. The van der Waals surface area contributed by atoms with Crippen LogP contribution < -0.4 is 0 Å². The Morgan fingerprint density at radius 2 is 1.84 bits per heavy atom. The number of hydrogen-bond acceptors (Lipinski definition) is 7. The van der Waals surface area contributed by atoms with Crippen LogP contribution in [0.3, 0.4) is 0 Å². The molecule has 10 nitrogen and oxygen atoms in total. The molecule has 1 saturated heterocycles. The minimum Gasteiger partial charge on any atom is -0.388 e. The smallest absolute Gasteiger partial charge is 0.388 e. The average Bonchev–Trinajstić information content (AvgIpc) is 3.21. The van der Waals surface area contributed by atoms with E-state index in [1.165, 1.54) is 6.20 Å². The normalized spacial score (nSPS) is 25.6. The first-order valence-electron chi connectivity index (χ1n) is 12.2. The third kappa shape index (κ3) is 5.91. The lowest BCUT2D eigenvalue weighted by molar-refractivity contribution is -0.0188. The maximum Gasteiger partial charge on any atom is 0.469 e. The first kappa shape index (κ1) is 26.8. The van der Waals surface area contributed by atoms with Gasteiger partial charge in [0.1, 0.15) is 35.8 Å². The summed E-state index contributed by atoms with van der Waals surface area (Å²) in [6.07, 6.45) is 0.772. The highest BCUT2D eigenvalue weighted by molar-refractivity contribution is 7.46. The molecule has 0 unspecified atom stereocenters. The molecular weight excluding hydrogens is 511 g/mol. The van der Waals surface area contributed by atoms with Crippen LogP contribution in [0.4, 0.5) is 0 Å². The van der Waals surface area contributed by atoms with Crippen molar-refractivity contribution < 1.29 is 38.6 Å². The molecule has 3 aromatic rings. The average molecular weight is 541 g/mol. The van der Waals surface area contributed by atoms with Crippen molar-refractivity contribution in [1.82, 2.24) is 9.55 Å². The fourth-order valence-electron chi connectivity index (χ4n) is 4.53. The standard InChI is InChI=1S/C27H29N2O8P/c1-18(30)26-28-12-13-29(26)27(14-25(27)37-38(32,33)34)11-10-19-2-6-21(7-3-19)22-8-4-20(5-9-22)15-36-24-17-35-16-23(24)31/h2-9,12-13,18,23-25,30-31H,14-17H2,1H3,(H2,32,33,34)/t18-,23+,24+,25+,27+/m0/s1. The fraction of sp³-hybridized carbons (Fsp3) is 0.370. The van der Waals surface area contributed by atoms with E-state index in [-0.39, 0.29) is 12.5 Å². The largest absolute Gasteiger partial charge is 0.469 e. The molecule has 1 aliphatic carbocycles. The third-order valence-corrected chi connectivity index (χ3v) is 7.20. The minimum atomic E-state index is -4.72. The summed E-state index contributed by atoms with van der Waals surface area (Å²) in [5.74, 6) is 6.55. The molecule has 11 heteroatoms. The molecule has 0 bridgehead atoms. The number of nitrogens with zero attached hydrogens (tertiary/aromatic N) is 2. The van der Waals surface area contributed by atoms with Crippen LogP contribution in [0.1, 0.15) is 36.4 Å². The zero-order valence-corrected chi connectivity index (χ0v) is 21.6. The van der Waals surface area contributed by atoms with Gasteiger partial charge in [-0.1, -0.05) is 48.2 Å². The molecular formula is C27H29N2O8P. The second kappa shape index (κ2) is 10.7. The number of aliphatic hydroxyl groups is 2. The maximum absolute atomic E-state index is 11.5. The zero-order valence-electron chi connectivity index (χ0n) is 20.7. The number of phosphoric ester groups is 1. The molecule has 2 aliphatic rings. The van der Waals surface area contributed by atoms with Gasteiger partial charge in [0.05, 0.1) is 19.8 Å². The summed E-state index contributed by atoms with van der Waals surface area (Å²) in [7, 11) is -4.72. The van der Waals surface area contributed by atoms with Crippen molar-refractivity contribution in [2.75, 3.05) is 13.2 Å². The number of phosphoric acid groups is 1. The van der Waals surface area contributed by atoms with Gasteiger partial charge in [-0.25, -0.2) is 9.55 Å². The number of hydrogen-bond donors (Lipinski definition) is 4. The number of imidazole rings is 1. The van der Waals surface area contributed by atoms with Crippen molar-refractivity contribution in [3.05, 3.63) is 77.9 Å². The van der Waals surface area contributed by atoms with E-state index in [4.69, 9.17) is 14.0 Å². The Balaban J connectivity index is 1.30. The van der Waals surface area contributed by atoms with E-state index >= 15 is 0 Å². The molecule has 1 saturated carbocycles. The molecule has 1 aromatic heterocycles. The van der Waals surface area contributed by atoms with Crippen LogP contribution in [0.15, 0.2) is 60.9 Å². The second-order valence-electron chi connectivity index (χ2n) is 9.52. The Bertz CT molecular complexity index is 1370. The Morgan fingerprint density at radius 1 is 1.16 bits per heavy atom. The van der Waals surface area contributed by atoms with Gasteiger partial charge in [-0.15, -0.1) is 0 Å². The van der Waals surface area contributed by atoms with E-state index in [2.05, 4.69) is 16.8 Å². The van der Waals surface area contributed by atoms with Crippen LogP contribution in [0, 0.1) is 11.8 Å². The molecule has 2 aromatic carbocycles. The van der Waals surface area contributed by atoms with Gasteiger partial charge in [0, 0.05) is 24.4 Å². The lowest BCUT2D eigenvalue weighted by Crippen LogP contribution is -2.26. The van der Waals surface area contributed by atoms with Crippen LogP contribution in [0.25, 0.3) is 11.1 Å². The van der Waals surface area contributed by atoms with E-state index in [1.54, 1.807) is 17.7 Å². The molecule has 5 atom stereocenters. The Labute approximate surface area is 220 Å². The Kier molecular flexibility index (Phi) is 7.56. The van der Waals surface area contributed by atoms with Crippen molar-refractivity contribution in [3.8, 4) is 23.0 Å². The van der Waals surface area contributed by atoms with Crippen molar-refractivity contribution >= 4 is 7.82 Å². The van der Waals surface area contributed by atoms with E-state index in [0.717, 1.165) is 22.3 Å². The maximum atomic E-state index is 11.5. The van der Waals surface area contributed by atoms with Crippen molar-refractivity contribution in [1.29, 1.82) is 0 Å². The predicted octanol–water partition coefficient (Wildman–Crippen LogP) is 2.51. The van der Waals surface area contributed by atoms with Crippen LogP contribution in [0.2, 0.25) is 0 Å². The number of benzene rings is 2. The first-order chi connectivity index (χ1) is 18.1. The Hall–Kier alpha value is -2.84. The molecule has 0 spiro atoms. The van der Waals surface area contributed by atoms with Gasteiger partial charge in [0.25, 0.3) is 0 Å². The molecule has 1 aliphatic heterocycles. The van der Waals surface area contributed by atoms with E-state index in [9.17, 15) is 24.6 Å². The van der Waals surface area contributed by atoms with Crippen LogP contribution >= 0.6 is 7.82 Å². The first-order valence-corrected chi connectivity index (χ1v) is 13.7. The summed E-state index contributed by atoms with van der Waals surface area (Å²) in [6, 6.07) is 15.6. The molecule has 0 radical (unpaired) electrons.